The van der Waals surface area contributed by atoms with Gasteiger partial charge in [-0.05, 0) is 25.5 Å². The maximum absolute atomic E-state index is 12.7. The number of nitrogens with zero attached hydrogens (tertiary/aromatic N) is 1. The number of ether oxygens (including phenoxy) is 1. The van der Waals surface area contributed by atoms with Crippen molar-refractivity contribution in [2.45, 2.75) is 24.8 Å². The van der Waals surface area contributed by atoms with Crippen LogP contribution in [0.3, 0.4) is 0 Å². The Morgan fingerprint density at radius 2 is 2.16 bits per heavy atom. The van der Waals surface area contributed by atoms with E-state index in [-0.39, 0.29) is 11.9 Å². The van der Waals surface area contributed by atoms with Crippen LogP contribution in [0.25, 0.3) is 0 Å². The van der Waals surface area contributed by atoms with Gasteiger partial charge in [-0.25, -0.2) is 8.42 Å². The lowest BCUT2D eigenvalue weighted by atomic mass is 10.2. The molecular weight excluding hydrogens is 286 g/mol. The summed E-state index contributed by atoms with van der Waals surface area (Å²) in [5.41, 5.74) is 1.81. The normalized spacial score (nSPS) is 21.5. The zero-order valence-corrected chi connectivity index (χ0v) is 12.7. The van der Waals surface area contributed by atoms with Crippen LogP contribution >= 0.6 is 11.6 Å². The van der Waals surface area contributed by atoms with Crippen LogP contribution in [0, 0.1) is 13.8 Å². The van der Waals surface area contributed by atoms with E-state index in [2.05, 4.69) is 0 Å². The molecule has 2 rings (SSSR count). The first kappa shape index (κ1) is 14.8. The molecular formula is C13H18ClNO3S. The number of rotatable bonds is 3. The zero-order chi connectivity index (χ0) is 14.0. The van der Waals surface area contributed by atoms with Gasteiger partial charge in [-0.1, -0.05) is 17.7 Å². The SMILES string of the molecule is Cc1ccc(S(=O)(=O)N2CCOCC2CCl)c(C)c1. The Balaban J connectivity index is 2.40. The molecule has 0 aliphatic carbocycles. The Morgan fingerprint density at radius 1 is 1.42 bits per heavy atom. The second-order valence-corrected chi connectivity index (χ2v) is 6.94. The van der Waals surface area contributed by atoms with Gasteiger partial charge in [0.15, 0.2) is 0 Å². The lowest BCUT2D eigenvalue weighted by Crippen LogP contribution is -2.49. The molecule has 4 nitrogen and oxygen atoms in total. The molecule has 1 aromatic carbocycles. The first-order valence-electron chi connectivity index (χ1n) is 6.19. The first-order valence-corrected chi connectivity index (χ1v) is 8.17. The Bertz CT molecular complexity index is 559. The fourth-order valence-electron chi connectivity index (χ4n) is 2.29. The van der Waals surface area contributed by atoms with E-state index in [9.17, 15) is 8.42 Å². The van der Waals surface area contributed by atoms with Crippen molar-refractivity contribution >= 4 is 21.6 Å². The van der Waals surface area contributed by atoms with Crippen molar-refractivity contribution in [1.82, 2.24) is 4.31 Å². The fourth-order valence-corrected chi connectivity index (χ4v) is 4.43. The number of hydrogen-bond donors (Lipinski definition) is 0. The van der Waals surface area contributed by atoms with Gasteiger partial charge in [0, 0.05) is 12.4 Å². The minimum atomic E-state index is -3.50. The summed E-state index contributed by atoms with van der Waals surface area (Å²) in [4.78, 5) is 0.357. The summed E-state index contributed by atoms with van der Waals surface area (Å²) < 4.78 is 32.2. The lowest BCUT2D eigenvalue weighted by molar-refractivity contribution is 0.0404. The summed E-state index contributed by atoms with van der Waals surface area (Å²) >= 11 is 5.85. The van der Waals surface area contributed by atoms with E-state index < -0.39 is 10.0 Å². The Kier molecular flexibility index (Phi) is 4.50. The van der Waals surface area contributed by atoms with Crippen molar-refractivity contribution in [3.8, 4) is 0 Å². The molecule has 1 heterocycles. The smallest absolute Gasteiger partial charge is 0.243 e. The molecule has 0 saturated carbocycles. The molecule has 1 unspecified atom stereocenters. The highest BCUT2D eigenvalue weighted by atomic mass is 35.5. The molecule has 0 bridgehead atoms. The van der Waals surface area contributed by atoms with Crippen molar-refractivity contribution in [2.24, 2.45) is 0 Å². The monoisotopic (exact) mass is 303 g/mol. The highest BCUT2D eigenvalue weighted by Crippen LogP contribution is 2.24. The number of hydrogen-bond acceptors (Lipinski definition) is 3. The van der Waals surface area contributed by atoms with Crippen molar-refractivity contribution in [3.63, 3.8) is 0 Å². The maximum Gasteiger partial charge on any atom is 0.243 e. The van der Waals surface area contributed by atoms with E-state index in [1.807, 2.05) is 26.0 Å². The van der Waals surface area contributed by atoms with E-state index in [0.717, 1.165) is 11.1 Å². The number of sulfonamides is 1. The molecule has 1 aliphatic rings. The van der Waals surface area contributed by atoms with Gasteiger partial charge < -0.3 is 4.74 Å². The third kappa shape index (κ3) is 2.94. The van der Waals surface area contributed by atoms with Crippen molar-refractivity contribution in [3.05, 3.63) is 29.3 Å². The molecule has 0 radical (unpaired) electrons. The predicted octanol–water partition coefficient (Wildman–Crippen LogP) is 1.93. The van der Waals surface area contributed by atoms with Crippen LogP contribution in [-0.2, 0) is 14.8 Å². The van der Waals surface area contributed by atoms with Gasteiger partial charge >= 0.3 is 0 Å². The van der Waals surface area contributed by atoms with E-state index in [4.69, 9.17) is 16.3 Å². The summed E-state index contributed by atoms with van der Waals surface area (Å²) in [5, 5.41) is 0. The lowest BCUT2D eigenvalue weighted by Gasteiger charge is -2.33. The molecule has 1 aromatic rings. The van der Waals surface area contributed by atoms with Gasteiger partial charge in [-0.15, -0.1) is 11.6 Å². The predicted molar refractivity (Wildman–Crippen MR) is 75.1 cm³/mol. The summed E-state index contributed by atoms with van der Waals surface area (Å²) in [5.74, 6) is 0.240. The van der Waals surface area contributed by atoms with Gasteiger partial charge in [0.1, 0.15) is 0 Å². The minimum absolute atomic E-state index is 0.240. The first-order chi connectivity index (χ1) is 8.96. The van der Waals surface area contributed by atoms with Crippen molar-refractivity contribution in [1.29, 1.82) is 0 Å². The van der Waals surface area contributed by atoms with Crippen LogP contribution in [0.15, 0.2) is 23.1 Å². The number of alkyl halides is 1. The molecule has 106 valence electrons. The van der Waals surface area contributed by atoms with Crippen LogP contribution in [-0.4, -0.2) is 44.4 Å². The average Bonchev–Trinajstić information content (AvgIpc) is 2.38. The quantitative estimate of drug-likeness (QED) is 0.802. The third-order valence-electron chi connectivity index (χ3n) is 3.27. The molecule has 0 aromatic heterocycles. The van der Waals surface area contributed by atoms with Crippen molar-refractivity contribution in [2.75, 3.05) is 25.6 Å². The third-order valence-corrected chi connectivity index (χ3v) is 5.74. The molecule has 19 heavy (non-hydrogen) atoms. The van der Waals surface area contributed by atoms with Crippen LogP contribution in [0.5, 0.6) is 0 Å². The van der Waals surface area contributed by atoms with E-state index in [1.54, 1.807) is 6.07 Å². The molecule has 6 heteroatoms. The highest BCUT2D eigenvalue weighted by molar-refractivity contribution is 7.89. The molecule has 1 atom stereocenters. The number of halogens is 1. The molecule has 0 N–H and O–H groups in total. The molecule has 0 amide bonds. The molecule has 0 spiro atoms. The van der Waals surface area contributed by atoms with Crippen LogP contribution in [0.4, 0.5) is 0 Å². The number of aryl methyl sites for hydroxylation is 2. The zero-order valence-electron chi connectivity index (χ0n) is 11.1. The van der Waals surface area contributed by atoms with E-state index >= 15 is 0 Å². The topological polar surface area (TPSA) is 46.6 Å². The Labute approximate surface area is 119 Å². The second-order valence-electron chi connectivity index (χ2n) is 4.77. The maximum atomic E-state index is 12.7. The number of morpholine rings is 1. The highest BCUT2D eigenvalue weighted by Gasteiger charge is 2.34. The summed E-state index contributed by atoms with van der Waals surface area (Å²) in [6.07, 6.45) is 0. The summed E-state index contributed by atoms with van der Waals surface area (Å²) in [6, 6.07) is 5.07. The Morgan fingerprint density at radius 3 is 2.79 bits per heavy atom. The summed E-state index contributed by atoms with van der Waals surface area (Å²) in [6.45, 7) is 4.88. The molecule has 1 saturated heterocycles. The van der Waals surface area contributed by atoms with Gasteiger partial charge in [-0.3, -0.25) is 0 Å². The molecule has 1 fully saturated rings. The standard InChI is InChI=1S/C13H18ClNO3S/c1-10-3-4-13(11(2)7-10)19(16,17)15-5-6-18-9-12(15)8-14/h3-4,7,12H,5-6,8-9H2,1-2H3. The van der Waals surface area contributed by atoms with Crippen LogP contribution in [0.2, 0.25) is 0 Å². The molecule has 1 aliphatic heterocycles. The van der Waals surface area contributed by atoms with E-state index in [0.29, 0.717) is 24.7 Å². The Hall–Kier alpha value is -0.620. The largest absolute Gasteiger partial charge is 0.378 e. The van der Waals surface area contributed by atoms with E-state index in [1.165, 1.54) is 4.31 Å². The second kappa shape index (κ2) is 5.79. The fraction of sp³-hybridized carbons (Fsp3) is 0.538. The van der Waals surface area contributed by atoms with Gasteiger partial charge in [0.25, 0.3) is 0 Å². The summed E-state index contributed by atoms with van der Waals surface area (Å²) in [7, 11) is -3.50. The van der Waals surface area contributed by atoms with Gasteiger partial charge in [-0.2, -0.15) is 4.31 Å². The van der Waals surface area contributed by atoms with Gasteiger partial charge in [0.05, 0.1) is 24.2 Å². The average molecular weight is 304 g/mol. The van der Waals surface area contributed by atoms with Crippen molar-refractivity contribution < 1.29 is 13.2 Å². The number of benzene rings is 1. The minimum Gasteiger partial charge on any atom is -0.378 e. The van der Waals surface area contributed by atoms with Crippen LogP contribution in [0.1, 0.15) is 11.1 Å². The van der Waals surface area contributed by atoms with Gasteiger partial charge in [0.2, 0.25) is 10.0 Å². The van der Waals surface area contributed by atoms with Crippen LogP contribution < -0.4 is 0 Å².